The molecule has 138 valence electrons. The zero-order valence-electron chi connectivity index (χ0n) is 14.5. The topological polar surface area (TPSA) is 83.4 Å². The van der Waals surface area contributed by atoms with Crippen molar-refractivity contribution in [3.05, 3.63) is 29.9 Å². The van der Waals surface area contributed by atoms with Gasteiger partial charge in [-0.05, 0) is 31.0 Å². The van der Waals surface area contributed by atoms with Gasteiger partial charge in [0.25, 0.3) is 0 Å². The third-order valence-corrected chi connectivity index (χ3v) is 5.34. The summed E-state index contributed by atoms with van der Waals surface area (Å²) < 4.78 is 15.9. The predicted octanol–water partition coefficient (Wildman–Crippen LogP) is 3.57. The second-order valence-corrected chi connectivity index (χ2v) is 7.16. The molecule has 0 aliphatic heterocycles. The summed E-state index contributed by atoms with van der Waals surface area (Å²) in [6.45, 7) is 0. The summed E-state index contributed by atoms with van der Waals surface area (Å²) in [5.41, 5.74) is 5.97. The number of thioether (sulfide) groups is 1. The molecule has 1 saturated carbocycles. The van der Waals surface area contributed by atoms with Crippen LogP contribution in [0.2, 0.25) is 0 Å². The van der Waals surface area contributed by atoms with Crippen LogP contribution in [-0.2, 0) is 12.0 Å². The first-order chi connectivity index (χ1) is 11.6. The molecular formula is C17H24ClN3O3S. The minimum Gasteiger partial charge on any atom is -0.493 e. The van der Waals surface area contributed by atoms with E-state index in [1.54, 1.807) is 26.0 Å². The lowest BCUT2D eigenvalue weighted by atomic mass is 9.99. The summed E-state index contributed by atoms with van der Waals surface area (Å²) in [7, 11) is 3.27. The highest BCUT2D eigenvalue weighted by Gasteiger charge is 2.35. The zero-order chi connectivity index (χ0) is 17.0. The number of halogens is 1. The van der Waals surface area contributed by atoms with Gasteiger partial charge in [0.2, 0.25) is 5.89 Å². The highest BCUT2D eigenvalue weighted by Crippen LogP contribution is 2.35. The van der Waals surface area contributed by atoms with Crippen LogP contribution in [0.1, 0.15) is 37.4 Å². The SMILES string of the molecule is COc1ccc(SCCc2nc(C3(N)CCCC3)no2)cc1OC.Cl. The lowest BCUT2D eigenvalue weighted by Crippen LogP contribution is -2.34. The predicted molar refractivity (Wildman–Crippen MR) is 99.9 cm³/mol. The van der Waals surface area contributed by atoms with Gasteiger partial charge < -0.3 is 19.7 Å². The Hall–Kier alpha value is -1.44. The number of hydrogen-bond donors (Lipinski definition) is 1. The molecule has 1 heterocycles. The molecule has 1 aliphatic rings. The van der Waals surface area contributed by atoms with E-state index in [4.69, 9.17) is 19.7 Å². The van der Waals surface area contributed by atoms with Crippen molar-refractivity contribution in [2.45, 2.75) is 42.5 Å². The molecule has 8 heteroatoms. The van der Waals surface area contributed by atoms with E-state index in [-0.39, 0.29) is 12.4 Å². The lowest BCUT2D eigenvalue weighted by molar-refractivity contribution is 0.351. The molecule has 0 atom stereocenters. The number of ether oxygens (including phenoxy) is 2. The lowest BCUT2D eigenvalue weighted by Gasteiger charge is -2.17. The molecule has 0 unspecified atom stereocenters. The van der Waals surface area contributed by atoms with Gasteiger partial charge in [-0.3, -0.25) is 0 Å². The normalized spacial score (nSPS) is 15.6. The van der Waals surface area contributed by atoms with Crippen LogP contribution in [0.15, 0.2) is 27.6 Å². The fourth-order valence-corrected chi connectivity index (χ4v) is 3.82. The number of nitrogens with two attached hydrogens (primary N) is 1. The first kappa shape index (κ1) is 19.9. The minimum atomic E-state index is -0.391. The average Bonchev–Trinajstić information content (AvgIpc) is 3.25. The summed E-state index contributed by atoms with van der Waals surface area (Å²) in [6.07, 6.45) is 4.85. The standard InChI is InChI=1S/C17H23N3O3S.ClH/c1-21-13-6-5-12(11-14(13)22-2)24-10-7-15-19-16(20-23-15)17(18)8-3-4-9-17;/h5-6,11H,3-4,7-10,18H2,1-2H3;1H. The minimum absolute atomic E-state index is 0. The number of aromatic nitrogens is 2. The van der Waals surface area contributed by atoms with Crippen LogP contribution in [0.3, 0.4) is 0 Å². The third-order valence-electron chi connectivity index (χ3n) is 4.35. The Morgan fingerprint density at radius 3 is 2.60 bits per heavy atom. The molecule has 1 aromatic carbocycles. The number of methoxy groups -OCH3 is 2. The van der Waals surface area contributed by atoms with E-state index < -0.39 is 5.54 Å². The Morgan fingerprint density at radius 2 is 1.92 bits per heavy atom. The monoisotopic (exact) mass is 385 g/mol. The van der Waals surface area contributed by atoms with E-state index in [9.17, 15) is 0 Å². The van der Waals surface area contributed by atoms with E-state index in [2.05, 4.69) is 10.1 Å². The highest BCUT2D eigenvalue weighted by molar-refractivity contribution is 7.99. The van der Waals surface area contributed by atoms with Gasteiger partial charge in [-0.25, -0.2) is 0 Å². The third kappa shape index (κ3) is 4.59. The van der Waals surface area contributed by atoms with Crippen LogP contribution in [0.25, 0.3) is 0 Å². The molecule has 1 fully saturated rings. The average molecular weight is 386 g/mol. The summed E-state index contributed by atoms with van der Waals surface area (Å²) >= 11 is 1.71. The van der Waals surface area contributed by atoms with Crippen LogP contribution in [-0.4, -0.2) is 30.1 Å². The van der Waals surface area contributed by atoms with E-state index in [1.807, 2.05) is 18.2 Å². The number of benzene rings is 1. The first-order valence-electron chi connectivity index (χ1n) is 8.11. The van der Waals surface area contributed by atoms with Crippen LogP contribution < -0.4 is 15.2 Å². The van der Waals surface area contributed by atoms with E-state index in [1.165, 1.54) is 0 Å². The Kier molecular flexibility index (Phi) is 6.98. The molecule has 0 amide bonds. The Bertz CT molecular complexity index is 690. The van der Waals surface area contributed by atoms with Crippen molar-refractivity contribution in [3.8, 4) is 11.5 Å². The molecule has 0 saturated heterocycles. The highest BCUT2D eigenvalue weighted by atomic mass is 35.5. The first-order valence-corrected chi connectivity index (χ1v) is 9.10. The van der Waals surface area contributed by atoms with E-state index in [0.717, 1.165) is 47.8 Å². The van der Waals surface area contributed by atoms with Crippen molar-refractivity contribution in [3.63, 3.8) is 0 Å². The van der Waals surface area contributed by atoms with Crippen LogP contribution >= 0.6 is 24.2 Å². The maximum Gasteiger partial charge on any atom is 0.227 e. The van der Waals surface area contributed by atoms with Gasteiger partial charge in [-0.1, -0.05) is 18.0 Å². The van der Waals surface area contributed by atoms with Gasteiger partial charge in [-0.15, -0.1) is 24.2 Å². The fraction of sp³-hybridized carbons (Fsp3) is 0.529. The molecule has 3 rings (SSSR count). The largest absolute Gasteiger partial charge is 0.493 e. The molecular weight excluding hydrogens is 362 g/mol. The molecule has 2 N–H and O–H groups in total. The van der Waals surface area contributed by atoms with Gasteiger partial charge in [0.1, 0.15) is 0 Å². The summed E-state index contributed by atoms with van der Waals surface area (Å²) in [6, 6.07) is 5.89. The van der Waals surface area contributed by atoms with Crippen LogP contribution in [0, 0.1) is 0 Å². The molecule has 1 aromatic heterocycles. The quantitative estimate of drug-likeness (QED) is 0.729. The number of nitrogens with zero attached hydrogens (tertiary/aromatic N) is 2. The summed E-state index contributed by atoms with van der Waals surface area (Å²) in [5, 5.41) is 4.09. The van der Waals surface area contributed by atoms with Crippen molar-refractivity contribution < 1.29 is 14.0 Å². The van der Waals surface area contributed by atoms with Crippen molar-refractivity contribution in [1.82, 2.24) is 10.1 Å². The van der Waals surface area contributed by atoms with Crippen LogP contribution in [0.5, 0.6) is 11.5 Å². The molecule has 0 bridgehead atoms. The molecule has 2 aromatic rings. The molecule has 0 spiro atoms. The molecule has 25 heavy (non-hydrogen) atoms. The zero-order valence-corrected chi connectivity index (χ0v) is 16.1. The number of rotatable bonds is 7. The van der Waals surface area contributed by atoms with E-state index in [0.29, 0.717) is 18.1 Å². The smallest absolute Gasteiger partial charge is 0.227 e. The van der Waals surface area contributed by atoms with Crippen LogP contribution in [0.4, 0.5) is 0 Å². The maximum absolute atomic E-state index is 6.36. The van der Waals surface area contributed by atoms with Crippen molar-refractivity contribution in [2.24, 2.45) is 5.73 Å². The van der Waals surface area contributed by atoms with Gasteiger partial charge >= 0.3 is 0 Å². The Balaban J connectivity index is 0.00000225. The van der Waals surface area contributed by atoms with Crippen molar-refractivity contribution in [1.29, 1.82) is 0 Å². The summed E-state index contributed by atoms with van der Waals surface area (Å²) in [5.74, 6) is 3.61. The Morgan fingerprint density at radius 1 is 1.20 bits per heavy atom. The van der Waals surface area contributed by atoms with Crippen molar-refractivity contribution >= 4 is 24.2 Å². The molecule has 1 aliphatic carbocycles. The van der Waals surface area contributed by atoms with Gasteiger partial charge in [0.05, 0.1) is 19.8 Å². The number of aryl methyl sites for hydroxylation is 1. The number of hydrogen-bond acceptors (Lipinski definition) is 7. The van der Waals surface area contributed by atoms with Crippen molar-refractivity contribution in [2.75, 3.05) is 20.0 Å². The van der Waals surface area contributed by atoms with E-state index >= 15 is 0 Å². The fourth-order valence-electron chi connectivity index (χ4n) is 2.95. The summed E-state index contributed by atoms with van der Waals surface area (Å²) in [4.78, 5) is 5.61. The van der Waals surface area contributed by atoms with Gasteiger partial charge in [0.15, 0.2) is 17.3 Å². The molecule has 0 radical (unpaired) electrons. The molecule has 6 nitrogen and oxygen atoms in total. The second kappa shape index (κ2) is 8.78. The Labute approximate surface area is 158 Å². The van der Waals surface area contributed by atoms with Gasteiger partial charge in [-0.2, -0.15) is 4.98 Å². The second-order valence-electron chi connectivity index (χ2n) is 5.99. The van der Waals surface area contributed by atoms with Gasteiger partial charge in [0, 0.05) is 17.1 Å². The maximum atomic E-state index is 6.36.